The first-order valence-electron chi connectivity index (χ1n) is 6.09. The highest BCUT2D eigenvalue weighted by atomic mass is 14.8. The van der Waals surface area contributed by atoms with Gasteiger partial charge in [0.25, 0.3) is 0 Å². The molecule has 0 spiro atoms. The summed E-state index contributed by atoms with van der Waals surface area (Å²) in [6, 6.07) is 2.24. The van der Waals surface area contributed by atoms with E-state index in [1.54, 1.807) is 0 Å². The lowest BCUT2D eigenvalue weighted by molar-refractivity contribution is 0.619. The van der Waals surface area contributed by atoms with Crippen LogP contribution in [-0.2, 0) is 5.41 Å². The molecule has 1 atom stereocenters. The average molecular weight is 215 g/mol. The molecule has 1 aliphatic heterocycles. The van der Waals surface area contributed by atoms with Crippen molar-refractivity contribution in [3.8, 4) is 0 Å². The van der Waals surface area contributed by atoms with Crippen LogP contribution in [0, 0.1) is 20.8 Å². The van der Waals surface area contributed by atoms with Gasteiger partial charge >= 0.3 is 0 Å². The zero-order chi connectivity index (χ0) is 12.1. The summed E-state index contributed by atoms with van der Waals surface area (Å²) in [6.07, 6.45) is 1.12. The summed E-state index contributed by atoms with van der Waals surface area (Å²) in [5.74, 6) is 0. The Morgan fingerprint density at radius 3 is 2.31 bits per heavy atom. The van der Waals surface area contributed by atoms with E-state index in [1.807, 2.05) is 0 Å². The normalized spacial score (nSPS) is 23.2. The maximum absolute atomic E-state index is 4.76. The molecule has 0 aromatic heterocycles. The molecular formula is C15H21N. The lowest BCUT2D eigenvalue weighted by Gasteiger charge is -2.27. The van der Waals surface area contributed by atoms with Gasteiger partial charge in [0, 0.05) is 11.1 Å². The number of hydrogen-bond acceptors (Lipinski definition) is 1. The van der Waals surface area contributed by atoms with Crippen molar-refractivity contribution in [2.24, 2.45) is 4.99 Å². The fraction of sp³-hybridized carbons (Fsp3) is 0.533. The molecule has 1 aliphatic rings. The number of hydrogen-bond donors (Lipinski definition) is 0. The highest BCUT2D eigenvalue weighted by Crippen LogP contribution is 2.45. The largest absolute Gasteiger partial charge is 0.257 e. The quantitative estimate of drug-likeness (QED) is 0.659. The van der Waals surface area contributed by atoms with Crippen LogP contribution in [0.2, 0.25) is 0 Å². The standard InChI is InChI=1S/C15H21N/c1-7-15(6)12(5)16-13-8-9(2)10(3)11(4)14(13)15/h8H,7H2,1-6H3. The van der Waals surface area contributed by atoms with E-state index in [1.165, 1.54) is 33.7 Å². The number of benzene rings is 1. The van der Waals surface area contributed by atoms with Gasteiger partial charge in [-0.15, -0.1) is 0 Å². The summed E-state index contributed by atoms with van der Waals surface area (Å²) in [4.78, 5) is 4.76. The minimum Gasteiger partial charge on any atom is -0.257 e. The molecule has 1 aromatic carbocycles. The van der Waals surface area contributed by atoms with E-state index < -0.39 is 0 Å². The van der Waals surface area contributed by atoms with Crippen molar-refractivity contribution in [2.75, 3.05) is 0 Å². The van der Waals surface area contributed by atoms with E-state index in [9.17, 15) is 0 Å². The third-order valence-corrected chi connectivity index (χ3v) is 4.48. The molecule has 0 radical (unpaired) electrons. The SMILES string of the molecule is CCC1(C)C(C)=Nc2cc(C)c(C)c(C)c21. The van der Waals surface area contributed by atoms with E-state index in [0.717, 1.165) is 6.42 Å². The van der Waals surface area contributed by atoms with Crippen LogP contribution in [0.1, 0.15) is 49.4 Å². The Balaban J connectivity index is 2.77. The van der Waals surface area contributed by atoms with E-state index >= 15 is 0 Å². The van der Waals surface area contributed by atoms with Crippen LogP contribution in [0.25, 0.3) is 0 Å². The fourth-order valence-corrected chi connectivity index (χ4v) is 2.76. The van der Waals surface area contributed by atoms with Crippen LogP contribution in [0.15, 0.2) is 11.1 Å². The summed E-state index contributed by atoms with van der Waals surface area (Å²) in [6.45, 7) is 13.4. The second-order valence-electron chi connectivity index (χ2n) is 5.22. The van der Waals surface area contributed by atoms with E-state index in [4.69, 9.17) is 4.99 Å². The average Bonchev–Trinajstić information content (AvgIpc) is 2.49. The predicted molar refractivity (Wildman–Crippen MR) is 71.1 cm³/mol. The first kappa shape index (κ1) is 11.4. The van der Waals surface area contributed by atoms with Gasteiger partial charge in [0.2, 0.25) is 0 Å². The zero-order valence-electron chi connectivity index (χ0n) is 11.2. The van der Waals surface area contributed by atoms with Crippen molar-refractivity contribution in [3.05, 3.63) is 28.3 Å². The van der Waals surface area contributed by atoms with Crippen molar-refractivity contribution in [1.82, 2.24) is 0 Å². The summed E-state index contributed by atoms with van der Waals surface area (Å²) in [5, 5.41) is 0. The topological polar surface area (TPSA) is 12.4 Å². The number of aliphatic imine (C=N–C) groups is 1. The maximum atomic E-state index is 4.76. The Labute approximate surface area is 98.6 Å². The summed E-state index contributed by atoms with van der Waals surface area (Å²) < 4.78 is 0. The van der Waals surface area contributed by atoms with Crippen molar-refractivity contribution in [1.29, 1.82) is 0 Å². The Morgan fingerprint density at radius 2 is 1.75 bits per heavy atom. The Kier molecular flexibility index (Phi) is 2.45. The van der Waals surface area contributed by atoms with Crippen LogP contribution in [0.3, 0.4) is 0 Å². The number of aryl methyl sites for hydroxylation is 1. The molecule has 0 saturated heterocycles. The smallest absolute Gasteiger partial charge is 0.0676 e. The molecule has 86 valence electrons. The molecule has 1 heterocycles. The molecule has 0 bridgehead atoms. The molecule has 1 heteroatoms. The van der Waals surface area contributed by atoms with E-state index in [2.05, 4.69) is 47.6 Å². The van der Waals surface area contributed by atoms with Gasteiger partial charge in [0.05, 0.1) is 5.69 Å². The first-order valence-corrected chi connectivity index (χ1v) is 6.09. The molecule has 1 aromatic rings. The molecule has 16 heavy (non-hydrogen) atoms. The molecule has 0 aliphatic carbocycles. The van der Waals surface area contributed by atoms with E-state index in [-0.39, 0.29) is 5.41 Å². The maximum Gasteiger partial charge on any atom is 0.0676 e. The first-order chi connectivity index (χ1) is 7.41. The lowest BCUT2D eigenvalue weighted by Crippen LogP contribution is -2.27. The molecule has 0 saturated carbocycles. The van der Waals surface area contributed by atoms with Crippen molar-refractivity contribution < 1.29 is 0 Å². The summed E-state index contributed by atoms with van der Waals surface area (Å²) >= 11 is 0. The van der Waals surface area contributed by atoms with Gasteiger partial charge in [0.15, 0.2) is 0 Å². The summed E-state index contributed by atoms with van der Waals surface area (Å²) in [5.41, 5.74) is 8.27. The van der Waals surface area contributed by atoms with Gasteiger partial charge < -0.3 is 0 Å². The van der Waals surface area contributed by atoms with Crippen molar-refractivity contribution >= 4 is 11.4 Å². The second-order valence-corrected chi connectivity index (χ2v) is 5.22. The molecule has 1 unspecified atom stereocenters. The lowest BCUT2D eigenvalue weighted by atomic mass is 9.75. The molecule has 0 amide bonds. The monoisotopic (exact) mass is 215 g/mol. The van der Waals surface area contributed by atoms with E-state index in [0.29, 0.717) is 0 Å². The van der Waals surface area contributed by atoms with Crippen LogP contribution < -0.4 is 0 Å². The zero-order valence-corrected chi connectivity index (χ0v) is 11.2. The Morgan fingerprint density at radius 1 is 1.12 bits per heavy atom. The van der Waals surface area contributed by atoms with Gasteiger partial charge in [-0.2, -0.15) is 0 Å². The molecule has 0 N–H and O–H groups in total. The Hall–Kier alpha value is -1.11. The van der Waals surface area contributed by atoms with Gasteiger partial charge in [-0.25, -0.2) is 0 Å². The highest BCUT2D eigenvalue weighted by Gasteiger charge is 2.37. The molecule has 0 fully saturated rings. The second kappa shape index (κ2) is 3.44. The van der Waals surface area contributed by atoms with Crippen LogP contribution in [0.4, 0.5) is 5.69 Å². The van der Waals surface area contributed by atoms with Crippen LogP contribution >= 0.6 is 0 Å². The molecule has 2 rings (SSSR count). The van der Waals surface area contributed by atoms with Gasteiger partial charge in [0.1, 0.15) is 0 Å². The number of rotatable bonds is 1. The third-order valence-electron chi connectivity index (χ3n) is 4.48. The van der Waals surface area contributed by atoms with Crippen LogP contribution in [-0.4, -0.2) is 5.71 Å². The van der Waals surface area contributed by atoms with Gasteiger partial charge in [-0.1, -0.05) is 13.8 Å². The highest BCUT2D eigenvalue weighted by molar-refractivity contribution is 6.00. The number of nitrogens with zero attached hydrogens (tertiary/aromatic N) is 1. The molecule has 1 nitrogen and oxygen atoms in total. The minimum atomic E-state index is 0.151. The molecular weight excluding hydrogens is 194 g/mol. The van der Waals surface area contributed by atoms with Gasteiger partial charge in [-0.05, 0) is 62.4 Å². The van der Waals surface area contributed by atoms with Crippen molar-refractivity contribution in [2.45, 2.75) is 53.4 Å². The minimum absolute atomic E-state index is 0.151. The fourth-order valence-electron chi connectivity index (χ4n) is 2.76. The van der Waals surface area contributed by atoms with Crippen LogP contribution in [0.5, 0.6) is 0 Å². The Bertz CT molecular complexity index is 483. The van der Waals surface area contributed by atoms with Crippen molar-refractivity contribution in [3.63, 3.8) is 0 Å². The number of fused-ring (bicyclic) bond motifs is 1. The third kappa shape index (κ3) is 1.27. The predicted octanol–water partition coefficient (Wildman–Crippen LogP) is 4.39. The van der Waals surface area contributed by atoms with Gasteiger partial charge in [-0.3, -0.25) is 4.99 Å². The summed E-state index contributed by atoms with van der Waals surface area (Å²) in [7, 11) is 0.